The van der Waals surface area contributed by atoms with E-state index in [1.165, 1.54) is 7.11 Å². The highest BCUT2D eigenvalue weighted by Gasteiger charge is 2.14. The van der Waals surface area contributed by atoms with Gasteiger partial charge in [-0.1, -0.05) is 30.3 Å². The molecule has 2 amide bonds. The van der Waals surface area contributed by atoms with Crippen LogP contribution in [0.1, 0.15) is 15.9 Å². The van der Waals surface area contributed by atoms with Crippen molar-refractivity contribution in [1.29, 1.82) is 0 Å². The van der Waals surface area contributed by atoms with Crippen molar-refractivity contribution in [2.75, 3.05) is 25.6 Å². The van der Waals surface area contributed by atoms with Gasteiger partial charge in [0.05, 0.1) is 12.7 Å². The molecule has 2 N–H and O–H groups in total. The minimum atomic E-state index is -0.715. The summed E-state index contributed by atoms with van der Waals surface area (Å²) in [6.45, 7) is 1.07. The molecule has 0 radical (unpaired) electrons. The summed E-state index contributed by atoms with van der Waals surface area (Å²) in [5.74, 6) is -1.24. The molecule has 0 aliphatic heterocycles. The van der Waals surface area contributed by atoms with E-state index in [0.29, 0.717) is 17.0 Å². The van der Waals surface area contributed by atoms with Crippen molar-refractivity contribution in [2.24, 2.45) is 0 Å². The number of amides is 2. The Morgan fingerprint density at radius 1 is 1.00 bits per heavy atom. The molecule has 0 unspecified atom stereocenters. The van der Waals surface area contributed by atoms with Crippen molar-refractivity contribution < 1.29 is 23.9 Å². The summed E-state index contributed by atoms with van der Waals surface area (Å²) in [6.07, 6.45) is 0. The maximum absolute atomic E-state index is 12.1. The highest BCUT2D eigenvalue weighted by Crippen LogP contribution is 2.16. The van der Waals surface area contributed by atoms with Crippen molar-refractivity contribution in [3.8, 4) is 5.75 Å². The van der Waals surface area contributed by atoms with Crippen LogP contribution in [0.4, 0.5) is 5.69 Å². The Hall–Kier alpha value is -3.35. The van der Waals surface area contributed by atoms with Gasteiger partial charge in [-0.2, -0.15) is 0 Å². The Morgan fingerprint density at radius 2 is 1.69 bits per heavy atom. The van der Waals surface area contributed by atoms with Crippen molar-refractivity contribution in [3.63, 3.8) is 0 Å². The average Bonchev–Trinajstić information content (AvgIpc) is 2.66. The Morgan fingerprint density at radius 3 is 2.42 bits per heavy atom. The largest absolute Gasteiger partial charge is 0.496 e. The van der Waals surface area contributed by atoms with Gasteiger partial charge in [0.25, 0.3) is 11.8 Å². The van der Waals surface area contributed by atoms with Gasteiger partial charge < -0.3 is 20.1 Å². The highest BCUT2D eigenvalue weighted by molar-refractivity contribution is 5.98. The molecule has 0 atom stereocenters. The molecule has 7 heteroatoms. The maximum Gasteiger partial charge on any atom is 0.325 e. The van der Waals surface area contributed by atoms with Gasteiger partial charge in [-0.3, -0.25) is 14.4 Å². The minimum absolute atomic E-state index is 0.306. The molecule has 0 aromatic heterocycles. The quantitative estimate of drug-likeness (QED) is 0.739. The van der Waals surface area contributed by atoms with E-state index in [-0.39, 0.29) is 6.54 Å². The summed E-state index contributed by atoms with van der Waals surface area (Å²) in [7, 11) is 1.45. The predicted octanol–water partition coefficient (Wildman–Crippen LogP) is 1.92. The van der Waals surface area contributed by atoms with Gasteiger partial charge in [0.1, 0.15) is 12.3 Å². The molecular formula is C19H20N2O5. The number of hydrogen-bond donors (Lipinski definition) is 2. The smallest absolute Gasteiger partial charge is 0.325 e. The molecule has 0 saturated heterocycles. The van der Waals surface area contributed by atoms with E-state index in [0.717, 1.165) is 5.56 Å². The molecule has 7 nitrogen and oxygen atoms in total. The van der Waals surface area contributed by atoms with Gasteiger partial charge >= 0.3 is 5.97 Å². The molecule has 2 aromatic carbocycles. The van der Waals surface area contributed by atoms with Crippen LogP contribution in [-0.2, 0) is 14.3 Å². The Balaban J connectivity index is 1.77. The number of rotatable bonds is 7. The second-order valence-electron chi connectivity index (χ2n) is 5.41. The summed E-state index contributed by atoms with van der Waals surface area (Å²) in [6, 6.07) is 13.9. The zero-order chi connectivity index (χ0) is 18.9. The predicted molar refractivity (Wildman–Crippen MR) is 96.1 cm³/mol. The summed E-state index contributed by atoms with van der Waals surface area (Å²) in [5.41, 5.74) is 1.86. The van der Waals surface area contributed by atoms with Crippen LogP contribution in [0.3, 0.4) is 0 Å². The number of carbonyl (C=O) groups is 3. The van der Waals surface area contributed by atoms with Gasteiger partial charge in [-0.25, -0.2) is 0 Å². The summed E-state index contributed by atoms with van der Waals surface area (Å²) >= 11 is 0. The number of aryl methyl sites for hydroxylation is 1. The molecule has 0 saturated carbocycles. The van der Waals surface area contributed by atoms with E-state index in [1.807, 2.05) is 19.1 Å². The molecule has 2 rings (SSSR count). The van der Waals surface area contributed by atoms with E-state index in [9.17, 15) is 14.4 Å². The first-order valence-corrected chi connectivity index (χ1v) is 7.93. The van der Waals surface area contributed by atoms with Crippen molar-refractivity contribution in [3.05, 3.63) is 59.7 Å². The molecule has 0 heterocycles. The number of nitrogens with one attached hydrogen (secondary N) is 2. The first kappa shape index (κ1) is 19.0. The van der Waals surface area contributed by atoms with E-state index in [4.69, 9.17) is 9.47 Å². The number of esters is 1. The third kappa shape index (κ3) is 5.34. The molecule has 2 aromatic rings. The van der Waals surface area contributed by atoms with E-state index in [2.05, 4.69) is 10.6 Å². The van der Waals surface area contributed by atoms with E-state index >= 15 is 0 Å². The minimum Gasteiger partial charge on any atom is -0.496 e. The molecule has 0 bridgehead atoms. The van der Waals surface area contributed by atoms with Gasteiger partial charge in [-0.05, 0) is 30.7 Å². The number of methoxy groups -OCH3 is 1. The maximum atomic E-state index is 12.1. The number of benzene rings is 2. The number of para-hydroxylation sites is 2. The van der Waals surface area contributed by atoms with Gasteiger partial charge in [0, 0.05) is 5.69 Å². The van der Waals surface area contributed by atoms with Crippen LogP contribution in [-0.4, -0.2) is 38.0 Å². The SMILES string of the molecule is COc1ccccc1C(=O)NCC(=O)OCC(=O)Nc1ccccc1C. The fourth-order valence-corrected chi connectivity index (χ4v) is 2.18. The van der Waals surface area contributed by atoms with Crippen LogP contribution < -0.4 is 15.4 Å². The van der Waals surface area contributed by atoms with Gasteiger partial charge in [-0.15, -0.1) is 0 Å². The summed E-state index contributed by atoms with van der Waals surface area (Å²) < 4.78 is 9.95. The van der Waals surface area contributed by atoms with Crippen molar-refractivity contribution >= 4 is 23.5 Å². The summed E-state index contributed by atoms with van der Waals surface area (Å²) in [5, 5.41) is 5.08. The lowest BCUT2D eigenvalue weighted by molar-refractivity contribution is -0.146. The first-order valence-electron chi connectivity index (χ1n) is 7.93. The molecule has 136 valence electrons. The lowest BCUT2D eigenvalue weighted by Gasteiger charge is -2.10. The molecular weight excluding hydrogens is 336 g/mol. The number of hydrogen-bond acceptors (Lipinski definition) is 5. The average molecular weight is 356 g/mol. The van der Waals surface area contributed by atoms with Crippen molar-refractivity contribution in [1.82, 2.24) is 5.32 Å². The van der Waals surface area contributed by atoms with Crippen LogP contribution >= 0.6 is 0 Å². The van der Waals surface area contributed by atoms with Crippen LogP contribution in [0.5, 0.6) is 5.75 Å². The monoisotopic (exact) mass is 356 g/mol. The van der Waals surface area contributed by atoms with E-state index < -0.39 is 24.4 Å². The molecule has 0 aliphatic carbocycles. The fraction of sp³-hybridized carbons (Fsp3) is 0.211. The second kappa shape index (κ2) is 9.22. The highest BCUT2D eigenvalue weighted by atomic mass is 16.5. The molecule has 26 heavy (non-hydrogen) atoms. The standard InChI is InChI=1S/C19H20N2O5/c1-13-7-3-5-9-15(13)21-17(22)12-26-18(23)11-20-19(24)14-8-4-6-10-16(14)25-2/h3-10H,11-12H2,1-2H3,(H,20,24)(H,21,22). The van der Waals surface area contributed by atoms with Crippen LogP contribution in [0, 0.1) is 6.92 Å². The third-order valence-electron chi connectivity index (χ3n) is 3.53. The lowest BCUT2D eigenvalue weighted by atomic mass is 10.2. The number of anilines is 1. The topological polar surface area (TPSA) is 93.7 Å². The van der Waals surface area contributed by atoms with Crippen LogP contribution in [0.2, 0.25) is 0 Å². The van der Waals surface area contributed by atoms with Crippen LogP contribution in [0.25, 0.3) is 0 Å². The van der Waals surface area contributed by atoms with Crippen LogP contribution in [0.15, 0.2) is 48.5 Å². The Bertz CT molecular complexity index is 804. The number of ether oxygens (including phenoxy) is 2. The van der Waals surface area contributed by atoms with E-state index in [1.54, 1.807) is 36.4 Å². The Labute approximate surface area is 151 Å². The normalized spacial score (nSPS) is 9.92. The molecule has 0 spiro atoms. The summed E-state index contributed by atoms with van der Waals surface area (Å²) in [4.78, 5) is 35.6. The van der Waals surface area contributed by atoms with Crippen molar-refractivity contribution in [2.45, 2.75) is 6.92 Å². The number of carbonyl (C=O) groups excluding carboxylic acids is 3. The zero-order valence-electron chi connectivity index (χ0n) is 14.6. The van der Waals surface area contributed by atoms with Gasteiger partial charge in [0.2, 0.25) is 0 Å². The van der Waals surface area contributed by atoms with Gasteiger partial charge in [0.15, 0.2) is 6.61 Å². The molecule has 0 fully saturated rings. The second-order valence-corrected chi connectivity index (χ2v) is 5.41. The fourth-order valence-electron chi connectivity index (χ4n) is 2.18. The zero-order valence-corrected chi connectivity index (χ0v) is 14.6. The Kier molecular flexibility index (Phi) is 6.73. The third-order valence-corrected chi connectivity index (χ3v) is 3.53. The lowest BCUT2D eigenvalue weighted by Crippen LogP contribution is -2.32. The first-order chi connectivity index (χ1) is 12.5. The molecule has 0 aliphatic rings.